The van der Waals surface area contributed by atoms with Crippen LogP contribution in [0.3, 0.4) is 0 Å². The van der Waals surface area contributed by atoms with E-state index in [-0.39, 0.29) is 0 Å². The van der Waals surface area contributed by atoms with Gasteiger partial charge in [-0.2, -0.15) is 0 Å². The van der Waals surface area contributed by atoms with E-state index in [0.717, 1.165) is 42.3 Å². The lowest BCUT2D eigenvalue weighted by Gasteiger charge is -2.13. The zero-order valence-electron chi connectivity index (χ0n) is 8.92. The van der Waals surface area contributed by atoms with E-state index in [2.05, 4.69) is 12.2 Å². The Labute approximate surface area is 95.6 Å². The smallest absolute Gasteiger partial charge is 0.120 e. The first-order valence-electron chi connectivity index (χ1n) is 5.45. The molecule has 0 spiro atoms. The third-order valence-electron chi connectivity index (χ3n) is 2.72. The molecule has 1 aliphatic heterocycles. The topological polar surface area (TPSA) is 21.3 Å². The molecule has 15 heavy (non-hydrogen) atoms. The molecule has 1 fully saturated rings. The highest BCUT2D eigenvalue weighted by atomic mass is 35.5. The molecule has 0 aliphatic carbocycles. The van der Waals surface area contributed by atoms with Gasteiger partial charge in [-0.15, -0.1) is 0 Å². The molecule has 2 rings (SSSR count). The Hall–Kier alpha value is -0.730. The van der Waals surface area contributed by atoms with E-state index in [4.69, 9.17) is 16.3 Å². The second kappa shape index (κ2) is 4.86. The molecule has 0 unspecified atom stereocenters. The van der Waals surface area contributed by atoms with Crippen LogP contribution in [-0.4, -0.2) is 19.2 Å². The van der Waals surface area contributed by atoms with Crippen LogP contribution in [0.1, 0.15) is 18.9 Å². The molecule has 1 aromatic carbocycles. The molecule has 1 N–H and O–H groups in total. The zero-order chi connectivity index (χ0) is 10.7. The van der Waals surface area contributed by atoms with Crippen molar-refractivity contribution >= 4 is 11.6 Å². The van der Waals surface area contributed by atoms with Crippen molar-refractivity contribution in [3.8, 4) is 5.75 Å². The molecular formula is C12H16ClNO. The average Bonchev–Trinajstić information content (AvgIpc) is 2.73. The Morgan fingerprint density at radius 3 is 3.07 bits per heavy atom. The van der Waals surface area contributed by atoms with Crippen molar-refractivity contribution in [2.45, 2.75) is 25.9 Å². The molecule has 2 nitrogen and oxygen atoms in total. The Balaban J connectivity index is 2.07. The van der Waals surface area contributed by atoms with Gasteiger partial charge in [-0.25, -0.2) is 0 Å². The summed E-state index contributed by atoms with van der Waals surface area (Å²) in [5.74, 6) is 0.935. The van der Waals surface area contributed by atoms with Gasteiger partial charge in [-0.1, -0.05) is 18.5 Å². The molecule has 1 saturated heterocycles. The fraction of sp³-hybridized carbons (Fsp3) is 0.500. The number of hydrogen-bond donors (Lipinski definition) is 1. The molecule has 82 valence electrons. The van der Waals surface area contributed by atoms with E-state index in [1.807, 2.05) is 18.2 Å². The van der Waals surface area contributed by atoms with E-state index in [1.165, 1.54) is 0 Å². The first-order valence-corrected chi connectivity index (χ1v) is 5.83. The van der Waals surface area contributed by atoms with E-state index in [1.54, 1.807) is 0 Å². The van der Waals surface area contributed by atoms with E-state index in [9.17, 15) is 0 Å². The molecule has 3 heteroatoms. The SMILES string of the molecule is CCc1cc(O[C@@H]2CCNC2)ccc1Cl. The maximum absolute atomic E-state index is 6.05. The van der Waals surface area contributed by atoms with Gasteiger partial charge in [0.1, 0.15) is 11.9 Å². The zero-order valence-corrected chi connectivity index (χ0v) is 9.68. The first-order chi connectivity index (χ1) is 7.29. The van der Waals surface area contributed by atoms with Crippen molar-refractivity contribution in [1.29, 1.82) is 0 Å². The summed E-state index contributed by atoms with van der Waals surface area (Å²) in [6.45, 7) is 4.10. The number of nitrogens with one attached hydrogen (secondary N) is 1. The number of rotatable bonds is 3. The lowest BCUT2D eigenvalue weighted by atomic mass is 10.1. The number of halogens is 1. The van der Waals surface area contributed by atoms with E-state index >= 15 is 0 Å². The van der Waals surface area contributed by atoms with Gasteiger partial charge >= 0.3 is 0 Å². The quantitative estimate of drug-likeness (QED) is 0.854. The van der Waals surface area contributed by atoms with Crippen LogP contribution in [0.5, 0.6) is 5.75 Å². The van der Waals surface area contributed by atoms with Crippen LogP contribution < -0.4 is 10.1 Å². The predicted octanol–water partition coefficient (Wildman–Crippen LogP) is 2.64. The van der Waals surface area contributed by atoms with Crippen LogP contribution in [0.25, 0.3) is 0 Å². The number of hydrogen-bond acceptors (Lipinski definition) is 2. The molecule has 1 heterocycles. The summed E-state index contributed by atoms with van der Waals surface area (Å²) in [5.41, 5.74) is 1.15. The highest BCUT2D eigenvalue weighted by molar-refractivity contribution is 6.31. The summed E-state index contributed by atoms with van der Waals surface area (Å²) in [5, 5.41) is 4.11. The first kappa shape index (κ1) is 10.8. The molecule has 0 saturated carbocycles. The van der Waals surface area contributed by atoms with Gasteiger partial charge in [0.2, 0.25) is 0 Å². The molecule has 1 aliphatic rings. The lowest BCUT2D eigenvalue weighted by Crippen LogP contribution is -2.19. The third kappa shape index (κ3) is 2.64. The normalized spacial score (nSPS) is 20.5. The second-order valence-corrected chi connectivity index (χ2v) is 4.25. The summed E-state index contributed by atoms with van der Waals surface area (Å²) < 4.78 is 5.85. The minimum Gasteiger partial charge on any atom is -0.489 e. The summed E-state index contributed by atoms with van der Waals surface area (Å²) in [6.07, 6.45) is 2.35. The lowest BCUT2D eigenvalue weighted by molar-refractivity contribution is 0.223. The highest BCUT2D eigenvalue weighted by Gasteiger charge is 2.15. The largest absolute Gasteiger partial charge is 0.489 e. The maximum Gasteiger partial charge on any atom is 0.120 e. The van der Waals surface area contributed by atoms with Crippen molar-refractivity contribution in [1.82, 2.24) is 5.32 Å². The van der Waals surface area contributed by atoms with Crippen LogP contribution in [0.2, 0.25) is 5.02 Å². The Morgan fingerprint density at radius 1 is 1.53 bits per heavy atom. The van der Waals surface area contributed by atoms with E-state index in [0.29, 0.717) is 6.10 Å². The van der Waals surface area contributed by atoms with Crippen LogP contribution in [-0.2, 0) is 6.42 Å². The van der Waals surface area contributed by atoms with Gasteiger partial charge in [0.15, 0.2) is 0 Å². The van der Waals surface area contributed by atoms with Gasteiger partial charge in [-0.3, -0.25) is 0 Å². The molecule has 1 atom stereocenters. The average molecular weight is 226 g/mol. The minimum atomic E-state index is 0.316. The van der Waals surface area contributed by atoms with Gasteiger partial charge in [0.25, 0.3) is 0 Å². The standard InChI is InChI=1S/C12H16ClNO/c1-2-9-7-10(3-4-12(9)13)15-11-5-6-14-8-11/h3-4,7,11,14H,2,5-6,8H2,1H3/t11-/m1/s1. The summed E-state index contributed by atoms with van der Waals surface area (Å²) in [4.78, 5) is 0. The van der Waals surface area contributed by atoms with Crippen molar-refractivity contribution in [3.63, 3.8) is 0 Å². The summed E-state index contributed by atoms with van der Waals surface area (Å²) >= 11 is 6.05. The van der Waals surface area contributed by atoms with Gasteiger partial charge in [-0.05, 0) is 43.1 Å². The van der Waals surface area contributed by atoms with Crippen LogP contribution in [0.4, 0.5) is 0 Å². The van der Waals surface area contributed by atoms with Crippen molar-refractivity contribution in [2.75, 3.05) is 13.1 Å². The number of aryl methyl sites for hydroxylation is 1. The minimum absolute atomic E-state index is 0.316. The Morgan fingerprint density at radius 2 is 2.40 bits per heavy atom. The van der Waals surface area contributed by atoms with Crippen LogP contribution in [0.15, 0.2) is 18.2 Å². The molecule has 0 radical (unpaired) electrons. The van der Waals surface area contributed by atoms with Gasteiger partial charge < -0.3 is 10.1 Å². The highest BCUT2D eigenvalue weighted by Crippen LogP contribution is 2.23. The number of ether oxygens (including phenoxy) is 1. The van der Waals surface area contributed by atoms with E-state index < -0.39 is 0 Å². The second-order valence-electron chi connectivity index (χ2n) is 3.84. The van der Waals surface area contributed by atoms with Crippen LogP contribution >= 0.6 is 11.6 Å². The maximum atomic E-state index is 6.05. The Kier molecular flexibility index (Phi) is 3.49. The third-order valence-corrected chi connectivity index (χ3v) is 3.08. The van der Waals surface area contributed by atoms with Gasteiger partial charge in [0, 0.05) is 11.6 Å². The monoisotopic (exact) mass is 225 g/mol. The molecular weight excluding hydrogens is 210 g/mol. The fourth-order valence-electron chi connectivity index (χ4n) is 1.82. The van der Waals surface area contributed by atoms with Crippen molar-refractivity contribution in [2.24, 2.45) is 0 Å². The van der Waals surface area contributed by atoms with Gasteiger partial charge in [0.05, 0.1) is 0 Å². The molecule has 0 amide bonds. The molecule has 1 aromatic rings. The van der Waals surface area contributed by atoms with Crippen molar-refractivity contribution < 1.29 is 4.74 Å². The Bertz CT molecular complexity index is 334. The fourth-order valence-corrected chi connectivity index (χ4v) is 2.07. The summed E-state index contributed by atoms with van der Waals surface area (Å²) in [6, 6.07) is 5.90. The van der Waals surface area contributed by atoms with Crippen LogP contribution in [0, 0.1) is 0 Å². The number of benzene rings is 1. The van der Waals surface area contributed by atoms with Crippen molar-refractivity contribution in [3.05, 3.63) is 28.8 Å². The molecule has 0 aromatic heterocycles. The predicted molar refractivity (Wildman–Crippen MR) is 62.7 cm³/mol. The molecule has 0 bridgehead atoms. The summed E-state index contributed by atoms with van der Waals surface area (Å²) in [7, 11) is 0.